The lowest BCUT2D eigenvalue weighted by molar-refractivity contribution is 0.244. The predicted octanol–water partition coefficient (Wildman–Crippen LogP) is 1.81. The average molecular weight is 339 g/mol. The van der Waals surface area contributed by atoms with E-state index in [-0.39, 0.29) is 19.2 Å². The molecule has 0 aliphatic rings. The van der Waals surface area contributed by atoms with Gasteiger partial charge in [0.15, 0.2) is 0 Å². The number of hydrogen-bond acceptors (Lipinski definition) is 3. The van der Waals surface area contributed by atoms with Crippen LogP contribution in [0.1, 0.15) is 5.56 Å². The van der Waals surface area contributed by atoms with Gasteiger partial charge in [0.05, 0.1) is 19.3 Å². The number of carbonyl (C=O) groups excluding carboxylic acids is 1. The highest BCUT2D eigenvalue weighted by atomic mass is 79.9. The van der Waals surface area contributed by atoms with Crippen molar-refractivity contribution in [1.82, 2.24) is 15.1 Å². The molecule has 0 spiro atoms. The van der Waals surface area contributed by atoms with E-state index >= 15 is 0 Å². The molecule has 0 aliphatic heterocycles. The van der Waals surface area contributed by atoms with Crippen LogP contribution in [0.2, 0.25) is 0 Å². The van der Waals surface area contributed by atoms with Crippen molar-refractivity contribution < 1.29 is 9.90 Å². The van der Waals surface area contributed by atoms with E-state index in [1.807, 2.05) is 24.3 Å². The van der Waals surface area contributed by atoms with Crippen LogP contribution in [-0.4, -0.2) is 34.1 Å². The quantitative estimate of drug-likeness (QED) is 0.777. The zero-order valence-electron chi connectivity index (χ0n) is 10.7. The highest BCUT2D eigenvalue weighted by molar-refractivity contribution is 9.10. The number of carbonyl (C=O) groups is 1. The minimum absolute atomic E-state index is 0.0925. The number of anilines is 1. The van der Waals surface area contributed by atoms with Crippen molar-refractivity contribution in [2.75, 3.05) is 18.5 Å². The molecular formula is C13H15BrN4O2. The summed E-state index contributed by atoms with van der Waals surface area (Å²) in [6.45, 7) is 0.679. The molecule has 0 unspecified atom stereocenters. The van der Waals surface area contributed by atoms with E-state index in [9.17, 15) is 4.79 Å². The zero-order chi connectivity index (χ0) is 14.4. The van der Waals surface area contributed by atoms with Crippen LogP contribution in [0.5, 0.6) is 0 Å². The summed E-state index contributed by atoms with van der Waals surface area (Å²) in [5, 5.41) is 18.0. The molecule has 0 fully saturated rings. The van der Waals surface area contributed by atoms with Gasteiger partial charge in [0, 0.05) is 17.1 Å². The topological polar surface area (TPSA) is 79.2 Å². The molecule has 2 aromatic rings. The van der Waals surface area contributed by atoms with Gasteiger partial charge in [-0.25, -0.2) is 9.48 Å². The molecule has 1 aromatic heterocycles. The van der Waals surface area contributed by atoms with Crippen LogP contribution < -0.4 is 10.6 Å². The first-order valence-corrected chi connectivity index (χ1v) is 6.90. The minimum atomic E-state index is -0.366. The third-order valence-electron chi connectivity index (χ3n) is 2.58. The monoisotopic (exact) mass is 338 g/mol. The molecule has 0 saturated heterocycles. The van der Waals surface area contributed by atoms with Crippen LogP contribution in [-0.2, 0) is 6.54 Å². The number of aromatic nitrogens is 2. The highest BCUT2D eigenvalue weighted by Gasteiger charge is 2.07. The maximum absolute atomic E-state index is 11.5. The number of aliphatic hydroxyl groups is 1. The molecule has 106 valence electrons. The Morgan fingerprint density at radius 1 is 1.40 bits per heavy atom. The number of halogens is 1. The van der Waals surface area contributed by atoms with Crippen molar-refractivity contribution in [3.63, 3.8) is 0 Å². The second kappa shape index (κ2) is 7.06. The molecular weight excluding hydrogens is 324 g/mol. The number of aliphatic hydroxyl groups excluding tert-OH is 1. The van der Waals surface area contributed by atoms with Crippen LogP contribution in [0.15, 0.2) is 41.0 Å². The molecule has 0 radical (unpaired) electrons. The number of benzene rings is 1. The molecule has 0 bridgehead atoms. The van der Waals surface area contributed by atoms with Crippen molar-refractivity contribution in [3.8, 4) is 0 Å². The van der Waals surface area contributed by atoms with Gasteiger partial charge in [0.25, 0.3) is 0 Å². The van der Waals surface area contributed by atoms with E-state index in [1.54, 1.807) is 16.9 Å². The van der Waals surface area contributed by atoms with Crippen molar-refractivity contribution >= 4 is 27.8 Å². The average Bonchev–Trinajstić information content (AvgIpc) is 2.83. The fraction of sp³-hybridized carbons (Fsp3) is 0.231. The number of amides is 2. The maximum atomic E-state index is 11.5. The van der Waals surface area contributed by atoms with E-state index in [1.165, 1.54) is 0 Å². The minimum Gasteiger partial charge on any atom is -0.395 e. The molecule has 2 rings (SSSR count). The largest absolute Gasteiger partial charge is 0.395 e. The summed E-state index contributed by atoms with van der Waals surface area (Å²) in [6.07, 6.45) is 1.62. The zero-order valence-corrected chi connectivity index (χ0v) is 12.3. The third kappa shape index (κ3) is 4.07. The number of nitrogens with one attached hydrogen (secondary N) is 2. The molecule has 6 nitrogen and oxygen atoms in total. The Morgan fingerprint density at radius 3 is 3.00 bits per heavy atom. The maximum Gasteiger partial charge on any atom is 0.320 e. The number of urea groups is 1. The first kappa shape index (κ1) is 14.5. The summed E-state index contributed by atoms with van der Waals surface area (Å²) in [5.74, 6) is 0.598. The third-order valence-corrected chi connectivity index (χ3v) is 3.07. The summed E-state index contributed by atoms with van der Waals surface area (Å²) >= 11 is 3.42. The van der Waals surface area contributed by atoms with Gasteiger partial charge in [-0.2, -0.15) is 5.10 Å². The van der Waals surface area contributed by atoms with Crippen LogP contribution in [0.25, 0.3) is 0 Å². The van der Waals surface area contributed by atoms with Crippen LogP contribution >= 0.6 is 15.9 Å². The van der Waals surface area contributed by atoms with Gasteiger partial charge in [-0.05, 0) is 17.7 Å². The van der Waals surface area contributed by atoms with E-state index in [0.29, 0.717) is 12.4 Å². The Hall–Kier alpha value is -1.86. The Balaban J connectivity index is 2.03. The fourth-order valence-corrected chi connectivity index (χ4v) is 2.15. The summed E-state index contributed by atoms with van der Waals surface area (Å²) in [7, 11) is 0. The van der Waals surface area contributed by atoms with E-state index in [0.717, 1.165) is 10.0 Å². The van der Waals surface area contributed by atoms with Gasteiger partial charge in [0.2, 0.25) is 0 Å². The van der Waals surface area contributed by atoms with Gasteiger partial charge in [-0.1, -0.05) is 28.1 Å². The highest BCUT2D eigenvalue weighted by Crippen LogP contribution is 2.14. The van der Waals surface area contributed by atoms with Crippen LogP contribution in [0, 0.1) is 0 Å². The van der Waals surface area contributed by atoms with Crippen molar-refractivity contribution in [2.24, 2.45) is 0 Å². The van der Waals surface area contributed by atoms with Crippen molar-refractivity contribution in [1.29, 1.82) is 0 Å². The number of nitrogens with zero attached hydrogens (tertiary/aromatic N) is 2. The molecule has 3 N–H and O–H groups in total. The van der Waals surface area contributed by atoms with E-state index < -0.39 is 0 Å². The SMILES string of the molecule is O=C(NCCO)Nc1ccnn1Cc1cccc(Br)c1. The summed E-state index contributed by atoms with van der Waals surface area (Å²) in [4.78, 5) is 11.5. The first-order chi connectivity index (χ1) is 9.69. The lowest BCUT2D eigenvalue weighted by atomic mass is 10.2. The Kier molecular flexibility index (Phi) is 5.14. The number of rotatable bonds is 5. The van der Waals surface area contributed by atoms with Crippen molar-refractivity contribution in [2.45, 2.75) is 6.54 Å². The normalized spacial score (nSPS) is 10.3. The summed E-state index contributed by atoms with van der Waals surface area (Å²) in [5.41, 5.74) is 1.07. The standard InChI is InChI=1S/C13H15BrN4O2/c14-11-3-1-2-10(8-11)9-18-12(4-5-16-18)17-13(20)15-6-7-19/h1-5,8,19H,6-7,9H2,(H2,15,17,20). The van der Waals surface area contributed by atoms with Gasteiger partial charge < -0.3 is 10.4 Å². The van der Waals surface area contributed by atoms with Gasteiger partial charge in [-0.3, -0.25) is 5.32 Å². The fourth-order valence-electron chi connectivity index (χ4n) is 1.70. The molecule has 2 amide bonds. The Morgan fingerprint density at radius 2 is 2.25 bits per heavy atom. The van der Waals surface area contributed by atoms with Crippen LogP contribution in [0.4, 0.5) is 10.6 Å². The van der Waals surface area contributed by atoms with Crippen molar-refractivity contribution in [3.05, 3.63) is 46.6 Å². The predicted molar refractivity (Wildman–Crippen MR) is 79.6 cm³/mol. The lowest BCUT2D eigenvalue weighted by Crippen LogP contribution is -2.31. The second-order valence-electron chi connectivity index (χ2n) is 4.11. The molecule has 20 heavy (non-hydrogen) atoms. The van der Waals surface area contributed by atoms with Crippen LogP contribution in [0.3, 0.4) is 0 Å². The smallest absolute Gasteiger partial charge is 0.320 e. The van der Waals surface area contributed by atoms with Gasteiger partial charge in [0.1, 0.15) is 5.82 Å². The molecule has 1 aromatic carbocycles. The summed E-state index contributed by atoms with van der Waals surface area (Å²) in [6, 6.07) is 9.24. The number of hydrogen-bond donors (Lipinski definition) is 3. The summed E-state index contributed by atoms with van der Waals surface area (Å²) < 4.78 is 2.69. The van der Waals surface area contributed by atoms with E-state index in [2.05, 4.69) is 31.7 Å². The van der Waals surface area contributed by atoms with Gasteiger partial charge in [-0.15, -0.1) is 0 Å². The second-order valence-corrected chi connectivity index (χ2v) is 5.02. The molecule has 0 saturated carbocycles. The molecule has 0 atom stereocenters. The molecule has 0 aliphatic carbocycles. The molecule has 7 heteroatoms. The van der Waals surface area contributed by atoms with Gasteiger partial charge >= 0.3 is 6.03 Å². The lowest BCUT2D eigenvalue weighted by Gasteiger charge is -2.10. The Labute approximate surface area is 124 Å². The Bertz CT molecular complexity index is 585. The first-order valence-electron chi connectivity index (χ1n) is 6.11. The molecule has 1 heterocycles. The van der Waals surface area contributed by atoms with E-state index in [4.69, 9.17) is 5.11 Å².